The maximum atomic E-state index is 9.06. The maximum Gasteiger partial charge on any atom is 0.0476 e. The predicted octanol–water partition coefficient (Wildman–Crippen LogP) is 0.988. The van der Waals surface area contributed by atoms with E-state index in [0.29, 0.717) is 17.8 Å². The number of hydrogen-bond donors (Lipinski definition) is 2. The summed E-state index contributed by atoms with van der Waals surface area (Å²) in [5.41, 5.74) is 5.97. The Morgan fingerprint density at radius 2 is 2.00 bits per heavy atom. The summed E-state index contributed by atoms with van der Waals surface area (Å²) < 4.78 is 0. The van der Waals surface area contributed by atoms with Crippen LogP contribution >= 0.6 is 0 Å². The monoisotopic (exact) mass is 157 g/mol. The summed E-state index contributed by atoms with van der Waals surface area (Å²) in [5, 5.41) is 9.06. The first-order chi connectivity index (χ1) is 5.16. The fraction of sp³-hybridized carbons (Fsp3) is 1.00. The van der Waals surface area contributed by atoms with Crippen molar-refractivity contribution in [3.05, 3.63) is 0 Å². The Kier molecular flexibility index (Phi) is 2.90. The van der Waals surface area contributed by atoms with Gasteiger partial charge in [0.2, 0.25) is 0 Å². The van der Waals surface area contributed by atoms with E-state index in [2.05, 4.69) is 13.8 Å². The second-order valence-electron chi connectivity index (χ2n) is 4.01. The van der Waals surface area contributed by atoms with E-state index < -0.39 is 0 Å². The first-order valence-electron chi connectivity index (χ1n) is 4.53. The molecular weight excluding hydrogens is 138 g/mol. The molecule has 0 aliphatic heterocycles. The van der Waals surface area contributed by atoms with Crippen molar-refractivity contribution in [2.75, 3.05) is 6.61 Å². The van der Waals surface area contributed by atoms with Crippen LogP contribution in [-0.2, 0) is 0 Å². The summed E-state index contributed by atoms with van der Waals surface area (Å²) in [5.74, 6) is 1.52. The van der Waals surface area contributed by atoms with Gasteiger partial charge in [0.05, 0.1) is 0 Å². The Bertz CT molecular complexity index is 121. The van der Waals surface area contributed by atoms with E-state index >= 15 is 0 Å². The molecule has 1 saturated carbocycles. The highest BCUT2D eigenvalue weighted by atomic mass is 16.3. The zero-order valence-electron chi connectivity index (χ0n) is 7.46. The van der Waals surface area contributed by atoms with Gasteiger partial charge in [-0.3, -0.25) is 0 Å². The predicted molar refractivity (Wildman–Crippen MR) is 46.1 cm³/mol. The lowest BCUT2D eigenvalue weighted by Crippen LogP contribution is -2.37. The van der Waals surface area contributed by atoms with Crippen LogP contribution in [-0.4, -0.2) is 17.8 Å². The molecule has 1 aliphatic carbocycles. The van der Waals surface area contributed by atoms with E-state index in [1.165, 1.54) is 12.8 Å². The van der Waals surface area contributed by atoms with Gasteiger partial charge in [-0.25, -0.2) is 0 Å². The van der Waals surface area contributed by atoms with E-state index in [4.69, 9.17) is 10.8 Å². The van der Waals surface area contributed by atoms with Crippen molar-refractivity contribution in [1.82, 2.24) is 0 Å². The van der Waals surface area contributed by atoms with Gasteiger partial charge in [-0.2, -0.15) is 0 Å². The SMILES string of the molecule is CC(C)C(CO)C(N)C1CC1. The summed E-state index contributed by atoms with van der Waals surface area (Å²) in [6.07, 6.45) is 2.54. The lowest BCUT2D eigenvalue weighted by Gasteiger charge is -2.25. The second-order valence-corrected chi connectivity index (χ2v) is 4.01. The quantitative estimate of drug-likeness (QED) is 0.639. The molecule has 11 heavy (non-hydrogen) atoms. The molecule has 0 spiro atoms. The Balaban J connectivity index is 2.38. The molecule has 0 aromatic rings. The third kappa shape index (κ3) is 2.17. The van der Waals surface area contributed by atoms with Crippen LogP contribution in [0.15, 0.2) is 0 Å². The molecule has 2 heteroatoms. The average molecular weight is 157 g/mol. The summed E-state index contributed by atoms with van der Waals surface area (Å²) >= 11 is 0. The van der Waals surface area contributed by atoms with Gasteiger partial charge in [-0.1, -0.05) is 13.8 Å². The molecule has 2 nitrogen and oxygen atoms in total. The number of aliphatic hydroxyl groups excluding tert-OH is 1. The van der Waals surface area contributed by atoms with Gasteiger partial charge in [-0.15, -0.1) is 0 Å². The Labute approximate surface area is 68.8 Å². The molecule has 2 atom stereocenters. The van der Waals surface area contributed by atoms with Gasteiger partial charge in [0.15, 0.2) is 0 Å². The third-order valence-corrected chi connectivity index (χ3v) is 2.73. The molecular formula is C9H19NO. The molecule has 2 unspecified atom stereocenters. The van der Waals surface area contributed by atoms with Crippen LogP contribution in [0.5, 0.6) is 0 Å². The number of hydrogen-bond acceptors (Lipinski definition) is 2. The van der Waals surface area contributed by atoms with Crippen LogP contribution in [0, 0.1) is 17.8 Å². The zero-order valence-corrected chi connectivity index (χ0v) is 7.46. The molecule has 0 aromatic carbocycles. The lowest BCUT2D eigenvalue weighted by molar-refractivity contribution is 0.157. The molecule has 1 rings (SSSR count). The minimum Gasteiger partial charge on any atom is -0.396 e. The van der Waals surface area contributed by atoms with Crippen LogP contribution in [0.4, 0.5) is 0 Å². The summed E-state index contributed by atoms with van der Waals surface area (Å²) in [6, 6.07) is 0.236. The Morgan fingerprint density at radius 3 is 2.27 bits per heavy atom. The van der Waals surface area contributed by atoms with E-state index in [0.717, 1.165) is 0 Å². The minimum atomic E-state index is 0.236. The minimum absolute atomic E-state index is 0.236. The highest BCUT2D eigenvalue weighted by Gasteiger charge is 2.34. The highest BCUT2D eigenvalue weighted by molar-refractivity contribution is 4.89. The summed E-state index contributed by atoms with van der Waals surface area (Å²) in [4.78, 5) is 0. The molecule has 0 heterocycles. The van der Waals surface area contributed by atoms with Crippen molar-refractivity contribution in [1.29, 1.82) is 0 Å². The van der Waals surface area contributed by atoms with Crippen LogP contribution in [0.3, 0.4) is 0 Å². The van der Waals surface area contributed by atoms with E-state index in [-0.39, 0.29) is 12.6 Å². The van der Waals surface area contributed by atoms with Crippen molar-refractivity contribution < 1.29 is 5.11 Å². The lowest BCUT2D eigenvalue weighted by atomic mass is 9.87. The molecule has 1 fully saturated rings. The van der Waals surface area contributed by atoms with Crippen LogP contribution in [0.25, 0.3) is 0 Å². The fourth-order valence-electron chi connectivity index (χ4n) is 1.61. The molecule has 0 bridgehead atoms. The zero-order chi connectivity index (χ0) is 8.43. The van der Waals surface area contributed by atoms with Crippen molar-refractivity contribution in [3.8, 4) is 0 Å². The van der Waals surface area contributed by atoms with Gasteiger partial charge in [0.25, 0.3) is 0 Å². The maximum absolute atomic E-state index is 9.06. The van der Waals surface area contributed by atoms with Gasteiger partial charge in [-0.05, 0) is 30.6 Å². The number of nitrogens with two attached hydrogens (primary N) is 1. The summed E-state index contributed by atoms with van der Waals surface area (Å²) in [7, 11) is 0. The fourth-order valence-corrected chi connectivity index (χ4v) is 1.61. The topological polar surface area (TPSA) is 46.2 Å². The Morgan fingerprint density at radius 1 is 1.45 bits per heavy atom. The van der Waals surface area contributed by atoms with Crippen molar-refractivity contribution in [2.24, 2.45) is 23.5 Å². The number of rotatable bonds is 4. The molecule has 3 N–H and O–H groups in total. The molecule has 0 radical (unpaired) electrons. The normalized spacial score (nSPS) is 23.7. The number of aliphatic hydroxyl groups is 1. The van der Waals surface area contributed by atoms with Gasteiger partial charge in [0.1, 0.15) is 0 Å². The van der Waals surface area contributed by atoms with Crippen molar-refractivity contribution >= 4 is 0 Å². The first-order valence-corrected chi connectivity index (χ1v) is 4.53. The third-order valence-electron chi connectivity index (χ3n) is 2.73. The second kappa shape index (κ2) is 3.55. The molecule has 66 valence electrons. The van der Waals surface area contributed by atoms with E-state index in [1.807, 2.05) is 0 Å². The van der Waals surface area contributed by atoms with Crippen LogP contribution < -0.4 is 5.73 Å². The standard InChI is InChI=1S/C9H19NO/c1-6(2)8(5-11)9(10)7-3-4-7/h6-9,11H,3-5,10H2,1-2H3. The van der Waals surface area contributed by atoms with Crippen LogP contribution in [0.2, 0.25) is 0 Å². The first kappa shape index (κ1) is 9.01. The van der Waals surface area contributed by atoms with Crippen LogP contribution in [0.1, 0.15) is 26.7 Å². The Hall–Kier alpha value is -0.0800. The van der Waals surface area contributed by atoms with Crippen molar-refractivity contribution in [3.63, 3.8) is 0 Å². The average Bonchev–Trinajstić information content (AvgIpc) is 2.68. The highest BCUT2D eigenvalue weighted by Crippen LogP contribution is 2.36. The van der Waals surface area contributed by atoms with Gasteiger partial charge in [0, 0.05) is 12.6 Å². The molecule has 0 aromatic heterocycles. The van der Waals surface area contributed by atoms with Gasteiger partial charge >= 0.3 is 0 Å². The van der Waals surface area contributed by atoms with Gasteiger partial charge < -0.3 is 10.8 Å². The smallest absolute Gasteiger partial charge is 0.0476 e. The van der Waals surface area contributed by atoms with E-state index in [9.17, 15) is 0 Å². The van der Waals surface area contributed by atoms with E-state index in [1.54, 1.807) is 0 Å². The largest absolute Gasteiger partial charge is 0.396 e. The molecule has 1 aliphatic rings. The summed E-state index contributed by atoms with van der Waals surface area (Å²) in [6.45, 7) is 4.50. The molecule has 0 saturated heterocycles. The molecule has 0 amide bonds. The van der Waals surface area contributed by atoms with Crippen molar-refractivity contribution in [2.45, 2.75) is 32.7 Å².